The van der Waals surface area contributed by atoms with Crippen LogP contribution < -0.4 is 4.18 Å². The summed E-state index contributed by atoms with van der Waals surface area (Å²) in [7, 11) is -4.89. The normalized spacial score (nSPS) is 12.0. The second-order valence-electron chi connectivity index (χ2n) is 3.01. The summed E-state index contributed by atoms with van der Waals surface area (Å²) < 4.78 is 65.3. The average Bonchev–Trinajstić information content (AvgIpc) is 2.26. The Morgan fingerprint density at radius 3 is 2.42 bits per heavy atom. The van der Waals surface area contributed by atoms with Crippen molar-refractivity contribution in [1.29, 1.82) is 0 Å². The van der Waals surface area contributed by atoms with E-state index in [4.69, 9.17) is 0 Å². The third-order valence-electron chi connectivity index (χ3n) is 1.71. The minimum absolute atomic E-state index is 0.489. The van der Waals surface area contributed by atoms with Crippen LogP contribution in [0.2, 0.25) is 0 Å². The Kier molecular flexibility index (Phi) is 3.88. The van der Waals surface area contributed by atoms with Gasteiger partial charge in [0.05, 0.1) is 13.3 Å². The molecule has 1 aromatic heterocycles. The highest BCUT2D eigenvalue weighted by Crippen LogP contribution is 2.29. The van der Waals surface area contributed by atoms with Crippen molar-refractivity contribution in [2.24, 2.45) is 0 Å². The Bertz CT molecular complexity index is 597. The molecule has 1 heterocycles. The van der Waals surface area contributed by atoms with Crippen LogP contribution in [0.3, 0.4) is 0 Å². The van der Waals surface area contributed by atoms with Crippen LogP contribution in [0.1, 0.15) is 10.5 Å². The second-order valence-corrected chi connectivity index (χ2v) is 4.55. The van der Waals surface area contributed by atoms with E-state index in [2.05, 4.69) is 13.9 Å². The summed E-state index contributed by atoms with van der Waals surface area (Å²) >= 11 is 0. The van der Waals surface area contributed by atoms with E-state index in [-0.39, 0.29) is 0 Å². The number of hydrogen-bond acceptors (Lipinski definition) is 7. The Morgan fingerprint density at radius 1 is 1.42 bits per heavy atom. The number of rotatable bonds is 3. The number of halogens is 3. The van der Waals surface area contributed by atoms with Crippen molar-refractivity contribution in [3.05, 3.63) is 18.0 Å². The third kappa shape index (κ3) is 3.24. The predicted molar refractivity (Wildman–Crippen MR) is 52.8 cm³/mol. The molecule has 0 spiro atoms. The summed E-state index contributed by atoms with van der Waals surface area (Å²) in [6.07, 6.45) is 0.523. The molecule has 0 aliphatic rings. The molecule has 1 N–H and O–H groups in total. The Labute approximate surface area is 104 Å². The Balaban J connectivity index is 3.07. The highest BCUT2D eigenvalue weighted by atomic mass is 32.2. The number of hydrogen-bond donors (Lipinski definition) is 1. The zero-order valence-electron chi connectivity index (χ0n) is 9.13. The lowest BCUT2D eigenvalue weighted by atomic mass is 10.3. The van der Waals surface area contributed by atoms with E-state index >= 15 is 0 Å². The maximum Gasteiger partial charge on any atom is 0.534 e. The summed E-state index contributed by atoms with van der Waals surface area (Å²) in [5.74, 6) is -2.84. The first-order valence-electron chi connectivity index (χ1n) is 4.36. The van der Waals surface area contributed by atoms with Gasteiger partial charge >= 0.3 is 21.6 Å². The molecule has 106 valence electrons. The van der Waals surface area contributed by atoms with Gasteiger partial charge in [-0.25, -0.2) is 9.78 Å². The molecular weight excluding hydrogens is 295 g/mol. The predicted octanol–water partition coefficient (Wildman–Crippen LogP) is 0.802. The van der Waals surface area contributed by atoms with Gasteiger partial charge in [0.15, 0.2) is 17.2 Å². The van der Waals surface area contributed by atoms with Gasteiger partial charge in [-0.15, -0.1) is 0 Å². The minimum Gasteiger partial charge on any atom is -0.505 e. The average molecular weight is 301 g/mol. The van der Waals surface area contributed by atoms with Crippen molar-refractivity contribution in [2.75, 3.05) is 7.11 Å². The molecule has 7 nitrogen and oxygen atoms in total. The molecule has 0 aromatic carbocycles. The van der Waals surface area contributed by atoms with Gasteiger partial charge in [-0.1, -0.05) is 0 Å². The van der Waals surface area contributed by atoms with Gasteiger partial charge in [-0.3, -0.25) is 0 Å². The summed E-state index contributed by atoms with van der Waals surface area (Å²) in [4.78, 5) is 14.2. The molecule has 0 aliphatic carbocycles. The molecule has 19 heavy (non-hydrogen) atoms. The first kappa shape index (κ1) is 15.0. The van der Waals surface area contributed by atoms with Crippen molar-refractivity contribution in [1.82, 2.24) is 4.98 Å². The van der Waals surface area contributed by atoms with E-state index in [9.17, 15) is 31.5 Å². The second kappa shape index (κ2) is 4.91. The topological polar surface area (TPSA) is 103 Å². The summed E-state index contributed by atoms with van der Waals surface area (Å²) in [5, 5.41) is 9.27. The van der Waals surface area contributed by atoms with Crippen LogP contribution in [0.25, 0.3) is 0 Å². The van der Waals surface area contributed by atoms with Crippen LogP contribution in [0.15, 0.2) is 12.3 Å². The lowest BCUT2D eigenvalue weighted by Gasteiger charge is -2.09. The molecule has 1 aromatic rings. The van der Waals surface area contributed by atoms with Crippen LogP contribution >= 0.6 is 0 Å². The van der Waals surface area contributed by atoms with Gasteiger partial charge in [-0.05, 0) is 0 Å². The number of nitrogens with zero attached hydrogens (tertiary/aromatic N) is 1. The van der Waals surface area contributed by atoms with Crippen molar-refractivity contribution in [2.45, 2.75) is 5.51 Å². The molecule has 11 heteroatoms. The maximum atomic E-state index is 12.0. The third-order valence-corrected chi connectivity index (χ3v) is 2.69. The van der Waals surface area contributed by atoms with E-state index in [1.165, 1.54) is 0 Å². The van der Waals surface area contributed by atoms with Crippen LogP contribution in [0.4, 0.5) is 13.2 Å². The van der Waals surface area contributed by atoms with Gasteiger partial charge in [0.25, 0.3) is 0 Å². The zero-order chi connectivity index (χ0) is 14.8. The van der Waals surface area contributed by atoms with Crippen LogP contribution in [-0.2, 0) is 14.9 Å². The molecule has 0 saturated carbocycles. The number of carbonyl (C=O) groups is 1. The molecule has 0 atom stereocenters. The van der Waals surface area contributed by atoms with Gasteiger partial charge in [0.2, 0.25) is 0 Å². The number of alkyl halides is 3. The van der Waals surface area contributed by atoms with E-state index in [0.29, 0.717) is 12.3 Å². The van der Waals surface area contributed by atoms with Gasteiger partial charge in [0, 0.05) is 6.07 Å². The van der Waals surface area contributed by atoms with Crippen molar-refractivity contribution in [3.8, 4) is 11.5 Å². The van der Waals surface area contributed by atoms with Crippen LogP contribution in [0.5, 0.6) is 11.5 Å². The molecule has 0 aliphatic heterocycles. The molecule has 0 fully saturated rings. The molecular formula is C8H6F3NO6S. The van der Waals surface area contributed by atoms with Crippen molar-refractivity contribution >= 4 is 16.1 Å². The molecule has 0 unspecified atom stereocenters. The SMILES string of the molecule is COC(=O)c1ncc(OS(=O)(=O)C(F)(F)F)cc1O. The van der Waals surface area contributed by atoms with E-state index in [1.807, 2.05) is 0 Å². The first-order valence-corrected chi connectivity index (χ1v) is 5.77. The van der Waals surface area contributed by atoms with Crippen LogP contribution in [0, 0.1) is 0 Å². The standard InChI is InChI=1S/C8H6F3NO6S/c1-17-7(14)6-5(13)2-4(3-12-6)18-19(15,16)8(9,10)11/h2-3,13H,1H3. The first-order chi connectivity index (χ1) is 8.58. The van der Waals surface area contributed by atoms with Crippen LogP contribution in [-0.4, -0.2) is 37.1 Å². The highest BCUT2D eigenvalue weighted by molar-refractivity contribution is 7.87. The maximum absolute atomic E-state index is 12.0. The number of aromatic hydroxyl groups is 1. The van der Waals surface area contributed by atoms with Gasteiger partial charge in [-0.2, -0.15) is 21.6 Å². The molecule has 0 saturated heterocycles. The lowest BCUT2D eigenvalue weighted by molar-refractivity contribution is -0.0500. The number of ether oxygens (including phenoxy) is 1. The molecule has 0 amide bonds. The van der Waals surface area contributed by atoms with Crippen molar-refractivity contribution in [3.63, 3.8) is 0 Å². The number of esters is 1. The highest BCUT2D eigenvalue weighted by Gasteiger charge is 2.48. The Morgan fingerprint density at radius 2 is 2.00 bits per heavy atom. The molecule has 0 bridgehead atoms. The smallest absolute Gasteiger partial charge is 0.505 e. The molecule has 0 radical (unpaired) electrons. The number of carbonyl (C=O) groups excluding carboxylic acids is 1. The lowest BCUT2D eigenvalue weighted by Crippen LogP contribution is -2.28. The fraction of sp³-hybridized carbons (Fsp3) is 0.250. The fourth-order valence-electron chi connectivity index (χ4n) is 0.908. The van der Waals surface area contributed by atoms with Gasteiger partial charge in [0.1, 0.15) is 0 Å². The monoisotopic (exact) mass is 301 g/mol. The summed E-state index contributed by atoms with van der Waals surface area (Å²) in [6, 6.07) is 0.489. The summed E-state index contributed by atoms with van der Waals surface area (Å²) in [6.45, 7) is 0. The van der Waals surface area contributed by atoms with E-state index in [1.54, 1.807) is 0 Å². The van der Waals surface area contributed by atoms with E-state index in [0.717, 1.165) is 7.11 Å². The zero-order valence-corrected chi connectivity index (χ0v) is 9.95. The molecule has 1 rings (SSSR count). The number of pyridine rings is 1. The number of aromatic nitrogens is 1. The number of methoxy groups -OCH3 is 1. The van der Waals surface area contributed by atoms with E-state index < -0.39 is 38.8 Å². The van der Waals surface area contributed by atoms with Gasteiger partial charge < -0.3 is 14.0 Å². The largest absolute Gasteiger partial charge is 0.534 e. The van der Waals surface area contributed by atoms with Crippen molar-refractivity contribution < 1.29 is 40.4 Å². The summed E-state index contributed by atoms with van der Waals surface area (Å²) in [5.41, 5.74) is -6.22. The Hall–Kier alpha value is -2.04. The minimum atomic E-state index is -5.87. The quantitative estimate of drug-likeness (QED) is 0.500. The fourth-order valence-corrected chi connectivity index (χ4v) is 1.35.